The van der Waals surface area contributed by atoms with Gasteiger partial charge in [0.05, 0.1) is 0 Å². The van der Waals surface area contributed by atoms with E-state index in [0.29, 0.717) is 5.92 Å². The van der Waals surface area contributed by atoms with E-state index in [1.165, 1.54) is 18.4 Å². The molecule has 0 aliphatic carbocycles. The van der Waals surface area contributed by atoms with Crippen molar-refractivity contribution < 1.29 is 0 Å². The zero-order valence-electron chi connectivity index (χ0n) is 9.24. The molecule has 78 valence electrons. The Hall–Kier alpha value is -0.820. The number of hydrogen-bond donors (Lipinski definition) is 1. The minimum absolute atomic E-state index is 0.534. The third-order valence-electron chi connectivity index (χ3n) is 3.10. The van der Waals surface area contributed by atoms with Gasteiger partial charge < -0.3 is 5.73 Å². The third kappa shape index (κ3) is 2.58. The maximum absolute atomic E-state index is 5.86. The molecule has 0 aromatic heterocycles. The highest BCUT2D eigenvalue weighted by Crippen LogP contribution is 2.28. The largest absolute Gasteiger partial charge is 0.330 e. The molecule has 1 heteroatoms. The van der Waals surface area contributed by atoms with Crippen LogP contribution in [0.3, 0.4) is 0 Å². The number of nitrogens with two attached hydrogens (primary N) is 1. The van der Waals surface area contributed by atoms with Crippen LogP contribution in [-0.4, -0.2) is 6.54 Å². The van der Waals surface area contributed by atoms with E-state index >= 15 is 0 Å². The molecule has 0 saturated carbocycles. The summed E-state index contributed by atoms with van der Waals surface area (Å²) in [5.41, 5.74) is 7.25. The second-order valence-corrected chi connectivity index (χ2v) is 3.83. The van der Waals surface area contributed by atoms with E-state index in [1.54, 1.807) is 0 Å². The first-order valence-corrected chi connectivity index (χ1v) is 5.58. The Bertz CT molecular complexity index is 239. The lowest BCUT2D eigenvalue weighted by molar-refractivity contribution is 0.402. The summed E-state index contributed by atoms with van der Waals surface area (Å²) in [5.74, 6) is 1.26. The van der Waals surface area contributed by atoms with E-state index in [0.717, 1.165) is 12.5 Å². The summed E-state index contributed by atoms with van der Waals surface area (Å²) < 4.78 is 0. The number of benzene rings is 1. The van der Waals surface area contributed by atoms with Crippen molar-refractivity contribution in [2.45, 2.75) is 32.6 Å². The van der Waals surface area contributed by atoms with Crippen molar-refractivity contribution >= 4 is 0 Å². The molecule has 0 fully saturated rings. The fourth-order valence-electron chi connectivity index (χ4n) is 2.16. The van der Waals surface area contributed by atoms with E-state index in [-0.39, 0.29) is 0 Å². The summed E-state index contributed by atoms with van der Waals surface area (Å²) in [5, 5.41) is 0. The first-order valence-electron chi connectivity index (χ1n) is 5.58. The molecular formula is C13H21N. The van der Waals surface area contributed by atoms with Crippen LogP contribution in [0.5, 0.6) is 0 Å². The molecule has 0 saturated heterocycles. The average molecular weight is 191 g/mol. The quantitative estimate of drug-likeness (QED) is 0.760. The molecule has 2 N–H and O–H groups in total. The molecule has 0 bridgehead atoms. The van der Waals surface area contributed by atoms with Crippen molar-refractivity contribution in [3.8, 4) is 0 Å². The van der Waals surface area contributed by atoms with Crippen LogP contribution in [0.1, 0.15) is 38.2 Å². The Morgan fingerprint density at radius 2 is 1.64 bits per heavy atom. The lowest BCUT2D eigenvalue weighted by atomic mass is 9.83. The lowest BCUT2D eigenvalue weighted by Crippen LogP contribution is -2.20. The van der Waals surface area contributed by atoms with Gasteiger partial charge in [-0.25, -0.2) is 0 Å². The molecule has 0 radical (unpaired) electrons. The van der Waals surface area contributed by atoms with Gasteiger partial charge in [-0.05, 0) is 23.9 Å². The zero-order valence-corrected chi connectivity index (χ0v) is 9.24. The van der Waals surface area contributed by atoms with Crippen LogP contribution in [0, 0.1) is 5.92 Å². The second kappa shape index (κ2) is 5.82. The first kappa shape index (κ1) is 11.3. The molecule has 1 aromatic rings. The van der Waals surface area contributed by atoms with Crippen LogP contribution in [0.4, 0.5) is 0 Å². The van der Waals surface area contributed by atoms with Crippen molar-refractivity contribution in [1.82, 2.24) is 0 Å². The van der Waals surface area contributed by atoms with Gasteiger partial charge >= 0.3 is 0 Å². The van der Waals surface area contributed by atoms with E-state index in [9.17, 15) is 0 Å². The van der Waals surface area contributed by atoms with Crippen molar-refractivity contribution in [1.29, 1.82) is 0 Å². The van der Waals surface area contributed by atoms with Gasteiger partial charge in [0, 0.05) is 0 Å². The van der Waals surface area contributed by atoms with Gasteiger partial charge in [-0.3, -0.25) is 0 Å². The molecule has 1 atom stereocenters. The first-order chi connectivity index (χ1) is 6.83. The molecule has 14 heavy (non-hydrogen) atoms. The van der Waals surface area contributed by atoms with Crippen molar-refractivity contribution in [2.24, 2.45) is 11.7 Å². The van der Waals surface area contributed by atoms with Crippen LogP contribution < -0.4 is 5.73 Å². The van der Waals surface area contributed by atoms with Gasteiger partial charge in [-0.15, -0.1) is 0 Å². The van der Waals surface area contributed by atoms with Crippen LogP contribution in [0.25, 0.3) is 0 Å². The molecule has 1 nitrogen and oxygen atoms in total. The second-order valence-electron chi connectivity index (χ2n) is 3.83. The summed E-state index contributed by atoms with van der Waals surface area (Å²) in [4.78, 5) is 0. The topological polar surface area (TPSA) is 26.0 Å². The Kier molecular flexibility index (Phi) is 4.68. The number of rotatable bonds is 5. The molecule has 0 aliphatic heterocycles. The molecule has 0 spiro atoms. The summed E-state index contributed by atoms with van der Waals surface area (Å²) >= 11 is 0. The normalized spacial score (nSPS) is 13.1. The Morgan fingerprint density at radius 3 is 2.07 bits per heavy atom. The maximum Gasteiger partial charge on any atom is -0.000557 e. The third-order valence-corrected chi connectivity index (χ3v) is 3.10. The summed E-state index contributed by atoms with van der Waals surface area (Å²) in [6.07, 6.45) is 2.43. The minimum atomic E-state index is 0.534. The smallest absolute Gasteiger partial charge is 0.000557 e. The summed E-state index contributed by atoms with van der Waals surface area (Å²) in [6.45, 7) is 5.26. The maximum atomic E-state index is 5.86. The highest BCUT2D eigenvalue weighted by Gasteiger charge is 2.18. The van der Waals surface area contributed by atoms with Gasteiger partial charge in [0.2, 0.25) is 0 Å². The molecule has 0 heterocycles. The van der Waals surface area contributed by atoms with Crippen LogP contribution in [0.15, 0.2) is 30.3 Å². The van der Waals surface area contributed by atoms with E-state index in [4.69, 9.17) is 5.73 Å². The molecule has 1 unspecified atom stereocenters. The van der Waals surface area contributed by atoms with Crippen molar-refractivity contribution in [2.75, 3.05) is 6.54 Å². The van der Waals surface area contributed by atoms with Gasteiger partial charge in [0.15, 0.2) is 0 Å². The monoisotopic (exact) mass is 191 g/mol. The van der Waals surface area contributed by atoms with Crippen LogP contribution in [-0.2, 0) is 0 Å². The van der Waals surface area contributed by atoms with Crippen LogP contribution >= 0.6 is 0 Å². The Balaban J connectivity index is 2.81. The number of hydrogen-bond acceptors (Lipinski definition) is 1. The van der Waals surface area contributed by atoms with Crippen molar-refractivity contribution in [3.05, 3.63) is 35.9 Å². The van der Waals surface area contributed by atoms with E-state index < -0.39 is 0 Å². The predicted octanol–water partition coefficient (Wildman–Crippen LogP) is 3.17. The van der Waals surface area contributed by atoms with Gasteiger partial charge in [0.25, 0.3) is 0 Å². The minimum Gasteiger partial charge on any atom is -0.330 e. The van der Waals surface area contributed by atoms with E-state index in [1.807, 2.05) is 0 Å². The highest BCUT2D eigenvalue weighted by molar-refractivity contribution is 5.20. The summed E-state index contributed by atoms with van der Waals surface area (Å²) in [7, 11) is 0. The standard InChI is InChI=1S/C13H21N/c1-3-11(4-2)13(10-14)12-8-6-5-7-9-12/h5-9,11,13H,3-4,10,14H2,1-2H3. The Labute approximate surface area is 87.3 Å². The van der Waals surface area contributed by atoms with Gasteiger partial charge in [-0.1, -0.05) is 57.0 Å². The predicted molar refractivity (Wildman–Crippen MR) is 62.3 cm³/mol. The summed E-state index contributed by atoms with van der Waals surface area (Å²) in [6, 6.07) is 10.6. The molecule has 0 aliphatic rings. The van der Waals surface area contributed by atoms with E-state index in [2.05, 4.69) is 44.2 Å². The lowest BCUT2D eigenvalue weighted by Gasteiger charge is -2.24. The van der Waals surface area contributed by atoms with Crippen molar-refractivity contribution in [3.63, 3.8) is 0 Å². The fourth-order valence-corrected chi connectivity index (χ4v) is 2.16. The average Bonchev–Trinajstić information content (AvgIpc) is 2.27. The Morgan fingerprint density at radius 1 is 1.07 bits per heavy atom. The molecule has 1 rings (SSSR count). The van der Waals surface area contributed by atoms with Crippen LogP contribution in [0.2, 0.25) is 0 Å². The molecule has 0 amide bonds. The SMILES string of the molecule is CCC(CC)C(CN)c1ccccc1. The van der Waals surface area contributed by atoms with Gasteiger partial charge in [0.1, 0.15) is 0 Å². The molecular weight excluding hydrogens is 170 g/mol. The fraction of sp³-hybridized carbons (Fsp3) is 0.538. The zero-order chi connectivity index (χ0) is 10.4. The molecule has 1 aromatic carbocycles. The van der Waals surface area contributed by atoms with Gasteiger partial charge in [-0.2, -0.15) is 0 Å². The highest BCUT2D eigenvalue weighted by atomic mass is 14.6.